The van der Waals surface area contributed by atoms with E-state index in [0.29, 0.717) is 18.9 Å². The van der Waals surface area contributed by atoms with Gasteiger partial charge in [0.2, 0.25) is 5.91 Å². The first-order chi connectivity index (χ1) is 7.09. The molecule has 1 aliphatic carbocycles. The zero-order valence-corrected chi connectivity index (χ0v) is 10.0. The molecule has 0 aromatic rings. The third kappa shape index (κ3) is 3.82. The van der Waals surface area contributed by atoms with Gasteiger partial charge in [-0.25, -0.2) is 0 Å². The fraction of sp³-hybridized carbons (Fsp3) is 0.917. The summed E-state index contributed by atoms with van der Waals surface area (Å²) in [6.45, 7) is 4.76. The molecule has 0 atom stereocenters. The maximum atomic E-state index is 11.6. The minimum Gasteiger partial charge on any atom is -0.354 e. The van der Waals surface area contributed by atoms with Crippen molar-refractivity contribution in [1.82, 2.24) is 5.32 Å². The lowest BCUT2D eigenvalue weighted by atomic mass is 9.83. The van der Waals surface area contributed by atoms with E-state index in [2.05, 4.69) is 19.2 Å². The summed E-state index contributed by atoms with van der Waals surface area (Å²) >= 11 is 0. The first kappa shape index (κ1) is 12.5. The van der Waals surface area contributed by atoms with Gasteiger partial charge in [0.05, 0.1) is 0 Å². The van der Waals surface area contributed by atoms with E-state index >= 15 is 0 Å². The predicted molar refractivity (Wildman–Crippen MR) is 62.5 cm³/mol. The van der Waals surface area contributed by atoms with Crippen molar-refractivity contribution in [3.05, 3.63) is 0 Å². The van der Waals surface area contributed by atoms with Crippen molar-refractivity contribution in [2.75, 3.05) is 6.54 Å². The van der Waals surface area contributed by atoms with Crippen molar-refractivity contribution < 1.29 is 4.79 Å². The van der Waals surface area contributed by atoms with Gasteiger partial charge in [0.1, 0.15) is 0 Å². The monoisotopic (exact) mass is 212 g/mol. The molecule has 0 aromatic carbocycles. The Morgan fingerprint density at radius 1 is 1.40 bits per heavy atom. The van der Waals surface area contributed by atoms with Crippen molar-refractivity contribution >= 4 is 5.91 Å². The highest BCUT2D eigenvalue weighted by molar-refractivity contribution is 5.76. The second-order valence-corrected chi connectivity index (χ2v) is 4.85. The average Bonchev–Trinajstić information content (AvgIpc) is 2.20. The van der Waals surface area contributed by atoms with Crippen LogP contribution in [0.15, 0.2) is 0 Å². The van der Waals surface area contributed by atoms with Gasteiger partial charge in [-0.3, -0.25) is 4.79 Å². The molecule has 0 aromatic heterocycles. The van der Waals surface area contributed by atoms with Crippen LogP contribution in [0.2, 0.25) is 0 Å². The topological polar surface area (TPSA) is 55.1 Å². The minimum absolute atomic E-state index is 0.177. The van der Waals surface area contributed by atoms with E-state index in [0.717, 1.165) is 12.8 Å². The molecule has 1 saturated carbocycles. The van der Waals surface area contributed by atoms with Crippen molar-refractivity contribution in [1.29, 1.82) is 0 Å². The number of carbonyl (C=O) groups is 1. The van der Waals surface area contributed by atoms with Gasteiger partial charge in [-0.05, 0) is 31.6 Å². The number of hydrogen-bond donors (Lipinski definition) is 2. The molecule has 3 N–H and O–H groups in total. The lowest BCUT2D eigenvalue weighted by Gasteiger charge is -2.28. The molecule has 0 saturated heterocycles. The molecule has 0 unspecified atom stereocenters. The van der Waals surface area contributed by atoms with E-state index in [1.165, 1.54) is 19.3 Å². The second kappa shape index (κ2) is 5.50. The van der Waals surface area contributed by atoms with Crippen LogP contribution in [0.3, 0.4) is 0 Å². The lowest BCUT2D eigenvalue weighted by Crippen LogP contribution is -2.49. The molecule has 0 radical (unpaired) electrons. The molecule has 0 aliphatic heterocycles. The molecule has 1 aliphatic rings. The number of rotatable bonds is 6. The van der Waals surface area contributed by atoms with Crippen LogP contribution in [0.5, 0.6) is 0 Å². The van der Waals surface area contributed by atoms with Crippen molar-refractivity contribution in [2.45, 2.75) is 57.9 Å². The fourth-order valence-electron chi connectivity index (χ4n) is 1.81. The Labute approximate surface area is 92.8 Å². The quantitative estimate of drug-likeness (QED) is 0.705. The standard InChI is InChI=1S/C12H24N2O/c1-3-12(13,4-2)9-14-11(15)8-10-6-5-7-10/h10H,3-9,13H2,1-2H3,(H,14,15). The van der Waals surface area contributed by atoms with Crippen LogP contribution in [-0.4, -0.2) is 18.0 Å². The third-order valence-corrected chi connectivity index (χ3v) is 3.74. The molecule has 3 heteroatoms. The van der Waals surface area contributed by atoms with E-state index in [-0.39, 0.29) is 11.4 Å². The van der Waals surface area contributed by atoms with Gasteiger partial charge in [0.15, 0.2) is 0 Å². The molecule has 15 heavy (non-hydrogen) atoms. The molecule has 0 spiro atoms. The van der Waals surface area contributed by atoms with Crippen LogP contribution in [0.1, 0.15) is 52.4 Å². The molecule has 88 valence electrons. The van der Waals surface area contributed by atoms with Crippen molar-refractivity contribution in [3.63, 3.8) is 0 Å². The van der Waals surface area contributed by atoms with E-state index in [4.69, 9.17) is 5.73 Å². The molecule has 0 bridgehead atoms. The molecule has 3 nitrogen and oxygen atoms in total. The van der Waals surface area contributed by atoms with Crippen LogP contribution in [0.25, 0.3) is 0 Å². The van der Waals surface area contributed by atoms with Crippen LogP contribution < -0.4 is 11.1 Å². The summed E-state index contributed by atoms with van der Waals surface area (Å²) in [6, 6.07) is 0. The van der Waals surface area contributed by atoms with Crippen molar-refractivity contribution in [3.8, 4) is 0 Å². The molecule has 1 amide bonds. The number of nitrogens with two attached hydrogens (primary N) is 1. The largest absolute Gasteiger partial charge is 0.354 e. The number of hydrogen-bond acceptors (Lipinski definition) is 2. The zero-order valence-electron chi connectivity index (χ0n) is 10.0. The Kier molecular flexibility index (Phi) is 4.58. The predicted octanol–water partition coefficient (Wildman–Crippen LogP) is 1.81. The van der Waals surface area contributed by atoms with Gasteiger partial charge in [0, 0.05) is 18.5 Å². The van der Waals surface area contributed by atoms with Crippen LogP contribution in [0, 0.1) is 5.92 Å². The molecular weight excluding hydrogens is 188 g/mol. The first-order valence-electron chi connectivity index (χ1n) is 6.15. The smallest absolute Gasteiger partial charge is 0.220 e. The maximum absolute atomic E-state index is 11.6. The SMILES string of the molecule is CCC(N)(CC)CNC(=O)CC1CCC1. The van der Waals surface area contributed by atoms with Crippen LogP contribution >= 0.6 is 0 Å². The summed E-state index contributed by atoms with van der Waals surface area (Å²) in [5, 5.41) is 2.96. The van der Waals surface area contributed by atoms with Gasteiger partial charge in [-0.15, -0.1) is 0 Å². The normalized spacial score (nSPS) is 17.3. The van der Waals surface area contributed by atoms with E-state index in [1.54, 1.807) is 0 Å². The summed E-state index contributed by atoms with van der Waals surface area (Å²) in [6.07, 6.45) is 6.26. The van der Waals surface area contributed by atoms with Crippen LogP contribution in [0.4, 0.5) is 0 Å². The Balaban J connectivity index is 2.19. The van der Waals surface area contributed by atoms with E-state index in [1.807, 2.05) is 0 Å². The van der Waals surface area contributed by atoms with Gasteiger partial charge < -0.3 is 11.1 Å². The van der Waals surface area contributed by atoms with E-state index in [9.17, 15) is 4.79 Å². The van der Waals surface area contributed by atoms with Gasteiger partial charge in [0.25, 0.3) is 0 Å². The minimum atomic E-state index is -0.213. The Bertz CT molecular complexity index is 208. The fourth-order valence-corrected chi connectivity index (χ4v) is 1.81. The summed E-state index contributed by atoms with van der Waals surface area (Å²) in [4.78, 5) is 11.6. The molecule has 1 fully saturated rings. The second-order valence-electron chi connectivity index (χ2n) is 4.85. The number of nitrogens with one attached hydrogen (secondary N) is 1. The Morgan fingerprint density at radius 3 is 2.40 bits per heavy atom. The average molecular weight is 212 g/mol. The maximum Gasteiger partial charge on any atom is 0.220 e. The highest BCUT2D eigenvalue weighted by Gasteiger charge is 2.23. The number of carbonyl (C=O) groups excluding carboxylic acids is 1. The van der Waals surface area contributed by atoms with E-state index < -0.39 is 0 Å². The van der Waals surface area contributed by atoms with Gasteiger partial charge in [-0.1, -0.05) is 20.3 Å². The molecule has 1 rings (SSSR count). The van der Waals surface area contributed by atoms with Gasteiger partial charge >= 0.3 is 0 Å². The lowest BCUT2D eigenvalue weighted by molar-refractivity contribution is -0.122. The molecule has 0 heterocycles. The first-order valence-corrected chi connectivity index (χ1v) is 6.15. The van der Waals surface area contributed by atoms with Crippen molar-refractivity contribution in [2.24, 2.45) is 11.7 Å². The van der Waals surface area contributed by atoms with Crippen LogP contribution in [-0.2, 0) is 4.79 Å². The highest BCUT2D eigenvalue weighted by atomic mass is 16.1. The zero-order chi connectivity index (χ0) is 11.3. The summed E-state index contributed by atoms with van der Waals surface area (Å²) in [7, 11) is 0. The summed E-state index contributed by atoms with van der Waals surface area (Å²) in [5.74, 6) is 0.817. The Morgan fingerprint density at radius 2 is 2.00 bits per heavy atom. The Hall–Kier alpha value is -0.570. The number of amides is 1. The highest BCUT2D eigenvalue weighted by Crippen LogP contribution is 2.29. The van der Waals surface area contributed by atoms with Gasteiger partial charge in [-0.2, -0.15) is 0 Å². The summed E-state index contributed by atoms with van der Waals surface area (Å²) < 4.78 is 0. The summed E-state index contributed by atoms with van der Waals surface area (Å²) in [5.41, 5.74) is 5.89. The third-order valence-electron chi connectivity index (χ3n) is 3.74. The molecular formula is C12H24N2O.